The molecule has 150 valence electrons. The quantitative estimate of drug-likeness (QED) is 0.530. The van der Waals surface area contributed by atoms with E-state index in [9.17, 15) is 13.2 Å². The first kappa shape index (κ1) is 20.7. The van der Waals surface area contributed by atoms with Crippen molar-refractivity contribution in [2.45, 2.75) is 24.7 Å². The minimum Gasteiger partial charge on any atom is -0.489 e. The Balaban J connectivity index is 1.66. The zero-order chi connectivity index (χ0) is 20.1. The molecule has 1 fully saturated rings. The van der Waals surface area contributed by atoms with Crippen LogP contribution in [0.4, 0.5) is 0 Å². The molecule has 1 saturated heterocycles. The number of carbonyl (C=O) groups is 1. The highest BCUT2D eigenvalue weighted by molar-refractivity contribution is 7.89. The number of primary sulfonamides is 1. The minimum absolute atomic E-state index is 0.0833. The number of hydrogen-bond donors (Lipinski definition) is 2. The van der Waals surface area contributed by atoms with E-state index in [2.05, 4.69) is 5.32 Å². The molecule has 1 aliphatic heterocycles. The molecule has 1 aromatic carbocycles. The molecule has 1 aliphatic rings. The van der Waals surface area contributed by atoms with Gasteiger partial charge in [-0.1, -0.05) is 6.07 Å². The number of allylic oxidation sites excluding steroid dienone is 1. The molecule has 0 amide bonds. The topological polar surface area (TPSA) is 98.5 Å². The summed E-state index contributed by atoms with van der Waals surface area (Å²) in [5, 5.41) is 9.84. The monoisotopic (exact) mass is 420 g/mol. The van der Waals surface area contributed by atoms with Gasteiger partial charge in [-0.25, -0.2) is 13.6 Å². The first-order valence-electron chi connectivity index (χ1n) is 9.09. The molecule has 2 heterocycles. The Labute approximate surface area is 169 Å². The molecular weight excluding hydrogens is 396 g/mol. The summed E-state index contributed by atoms with van der Waals surface area (Å²) in [5.74, 6) is 0.324. The highest BCUT2D eigenvalue weighted by atomic mass is 32.2. The lowest BCUT2D eigenvalue weighted by Crippen LogP contribution is -2.50. The molecule has 0 bridgehead atoms. The minimum atomic E-state index is -3.63. The molecular formula is C20H24N2O4S2. The van der Waals surface area contributed by atoms with Crippen molar-refractivity contribution in [1.29, 1.82) is 0 Å². The Morgan fingerprint density at radius 3 is 2.71 bits per heavy atom. The van der Waals surface area contributed by atoms with Gasteiger partial charge in [0, 0.05) is 22.9 Å². The zero-order valence-electron chi connectivity index (χ0n) is 15.6. The van der Waals surface area contributed by atoms with Gasteiger partial charge in [-0.15, -0.1) is 11.3 Å². The van der Waals surface area contributed by atoms with Gasteiger partial charge in [0.15, 0.2) is 5.78 Å². The summed E-state index contributed by atoms with van der Waals surface area (Å²) < 4.78 is 29.5. The van der Waals surface area contributed by atoms with Crippen molar-refractivity contribution in [2.24, 2.45) is 11.1 Å². The van der Waals surface area contributed by atoms with Gasteiger partial charge < -0.3 is 10.1 Å². The average Bonchev–Trinajstić information content (AvgIpc) is 3.19. The Bertz CT molecular complexity index is 922. The van der Waals surface area contributed by atoms with Crippen LogP contribution in [-0.4, -0.2) is 38.6 Å². The molecule has 3 rings (SSSR count). The standard InChI is InChI=1S/C20H24N2O4S2/c1-14(28(21,24)25)18-10-11-22-13-20(18)26-16-6-4-15(5-7-16)19(23)9-8-17-3-2-12-27-17/h2-9,12,14,18,20,22H,10-11,13H2,1H3,(H2,21,24,25). The molecule has 2 aromatic rings. The maximum atomic E-state index is 12.3. The van der Waals surface area contributed by atoms with Crippen molar-refractivity contribution in [3.63, 3.8) is 0 Å². The van der Waals surface area contributed by atoms with Gasteiger partial charge in [0.1, 0.15) is 11.9 Å². The van der Waals surface area contributed by atoms with Crippen LogP contribution in [0.25, 0.3) is 6.08 Å². The van der Waals surface area contributed by atoms with E-state index in [0.717, 1.165) is 11.4 Å². The predicted molar refractivity (Wildman–Crippen MR) is 112 cm³/mol. The molecule has 0 saturated carbocycles. The maximum absolute atomic E-state index is 12.3. The van der Waals surface area contributed by atoms with Crippen molar-refractivity contribution < 1.29 is 17.9 Å². The smallest absolute Gasteiger partial charge is 0.212 e. The lowest BCUT2D eigenvalue weighted by molar-refractivity contribution is 0.103. The second-order valence-corrected chi connectivity index (χ2v) is 9.75. The van der Waals surface area contributed by atoms with Crippen LogP contribution in [0.3, 0.4) is 0 Å². The van der Waals surface area contributed by atoms with Crippen molar-refractivity contribution >= 4 is 33.2 Å². The van der Waals surface area contributed by atoms with Crippen molar-refractivity contribution in [2.75, 3.05) is 13.1 Å². The van der Waals surface area contributed by atoms with Gasteiger partial charge in [-0.3, -0.25) is 4.79 Å². The van der Waals surface area contributed by atoms with Crippen molar-refractivity contribution in [3.05, 3.63) is 58.3 Å². The normalized spacial score (nSPS) is 21.5. The first-order valence-corrected chi connectivity index (χ1v) is 11.6. The number of nitrogens with two attached hydrogens (primary N) is 1. The molecule has 8 heteroatoms. The molecule has 6 nitrogen and oxygen atoms in total. The molecule has 0 aliphatic carbocycles. The summed E-state index contributed by atoms with van der Waals surface area (Å²) in [4.78, 5) is 13.3. The third-order valence-corrected chi connectivity index (χ3v) is 7.19. The number of benzene rings is 1. The molecule has 0 radical (unpaired) electrons. The fraction of sp³-hybridized carbons (Fsp3) is 0.350. The number of nitrogens with one attached hydrogen (secondary N) is 1. The summed E-state index contributed by atoms with van der Waals surface area (Å²) in [5.41, 5.74) is 0.566. The number of sulfonamides is 1. The fourth-order valence-electron chi connectivity index (χ4n) is 3.27. The van der Waals surface area contributed by atoms with E-state index >= 15 is 0 Å². The molecule has 28 heavy (non-hydrogen) atoms. The van der Waals surface area contributed by atoms with Gasteiger partial charge in [0.25, 0.3) is 0 Å². The number of carbonyl (C=O) groups excluding carboxylic acids is 1. The highest BCUT2D eigenvalue weighted by Crippen LogP contribution is 2.26. The number of piperidine rings is 1. The summed E-state index contributed by atoms with van der Waals surface area (Å²) in [7, 11) is -3.63. The van der Waals surface area contributed by atoms with Crippen LogP contribution in [0.1, 0.15) is 28.6 Å². The number of ketones is 1. The van der Waals surface area contributed by atoms with Gasteiger partial charge in [0.2, 0.25) is 10.0 Å². The number of thiophene rings is 1. The van der Waals surface area contributed by atoms with E-state index in [1.165, 1.54) is 0 Å². The van der Waals surface area contributed by atoms with Crippen LogP contribution in [-0.2, 0) is 10.0 Å². The van der Waals surface area contributed by atoms with E-state index in [1.807, 2.05) is 17.5 Å². The Morgan fingerprint density at radius 1 is 1.32 bits per heavy atom. The van der Waals surface area contributed by atoms with Gasteiger partial charge >= 0.3 is 0 Å². The highest BCUT2D eigenvalue weighted by Gasteiger charge is 2.36. The van der Waals surface area contributed by atoms with E-state index < -0.39 is 15.3 Å². The molecule has 0 spiro atoms. The van der Waals surface area contributed by atoms with E-state index in [1.54, 1.807) is 54.7 Å². The predicted octanol–water partition coefficient (Wildman–Crippen LogP) is 2.68. The van der Waals surface area contributed by atoms with E-state index in [4.69, 9.17) is 9.88 Å². The maximum Gasteiger partial charge on any atom is 0.212 e. The zero-order valence-corrected chi connectivity index (χ0v) is 17.2. The van der Waals surface area contributed by atoms with Crippen LogP contribution in [0.5, 0.6) is 5.75 Å². The van der Waals surface area contributed by atoms with Crippen LogP contribution in [0.2, 0.25) is 0 Å². The Morgan fingerprint density at radius 2 is 2.07 bits per heavy atom. The third-order valence-electron chi connectivity index (χ3n) is 4.97. The lowest BCUT2D eigenvalue weighted by Gasteiger charge is -2.35. The second-order valence-electron chi connectivity index (χ2n) is 6.84. The summed E-state index contributed by atoms with van der Waals surface area (Å²) in [6.07, 6.45) is 3.72. The summed E-state index contributed by atoms with van der Waals surface area (Å²) >= 11 is 1.57. The fourth-order valence-corrected chi connectivity index (χ4v) is 4.69. The molecule has 3 N–H and O–H groups in total. The second kappa shape index (κ2) is 9.00. The molecule has 3 atom stereocenters. The van der Waals surface area contributed by atoms with Crippen LogP contribution in [0, 0.1) is 5.92 Å². The number of hydrogen-bond acceptors (Lipinski definition) is 6. The SMILES string of the molecule is CC(C1CCNCC1Oc1ccc(C(=O)C=Cc2cccs2)cc1)S(N)(=O)=O. The largest absolute Gasteiger partial charge is 0.489 e. The van der Waals surface area contributed by atoms with Gasteiger partial charge in [0.05, 0.1) is 5.25 Å². The van der Waals surface area contributed by atoms with Crippen LogP contribution >= 0.6 is 11.3 Å². The van der Waals surface area contributed by atoms with Crippen LogP contribution < -0.4 is 15.2 Å². The summed E-state index contributed by atoms with van der Waals surface area (Å²) in [6, 6.07) is 10.8. The molecule has 1 aromatic heterocycles. The van der Waals surface area contributed by atoms with E-state index in [-0.39, 0.29) is 17.8 Å². The van der Waals surface area contributed by atoms with E-state index in [0.29, 0.717) is 24.3 Å². The Hall–Kier alpha value is -2.00. The number of ether oxygens (including phenoxy) is 1. The van der Waals surface area contributed by atoms with Gasteiger partial charge in [-0.2, -0.15) is 0 Å². The average molecular weight is 421 g/mol. The first-order chi connectivity index (χ1) is 13.3. The van der Waals surface area contributed by atoms with Crippen molar-refractivity contribution in [3.8, 4) is 5.75 Å². The van der Waals surface area contributed by atoms with Crippen molar-refractivity contribution in [1.82, 2.24) is 5.32 Å². The van der Waals surface area contributed by atoms with Gasteiger partial charge in [-0.05, 0) is 67.8 Å². The lowest BCUT2D eigenvalue weighted by atomic mass is 9.92. The molecule has 3 unspecified atom stereocenters. The third kappa shape index (κ3) is 5.29. The summed E-state index contributed by atoms with van der Waals surface area (Å²) in [6.45, 7) is 2.91. The number of rotatable bonds is 7. The Kier molecular flexibility index (Phi) is 6.66. The van der Waals surface area contributed by atoms with Crippen LogP contribution in [0.15, 0.2) is 47.9 Å².